The van der Waals surface area contributed by atoms with Crippen LogP contribution in [0.1, 0.15) is 31.1 Å². The number of benzene rings is 1. The van der Waals surface area contributed by atoms with Gasteiger partial charge in [0.25, 0.3) is 0 Å². The fourth-order valence-electron chi connectivity index (χ4n) is 1.88. The van der Waals surface area contributed by atoms with Crippen LogP contribution in [0.2, 0.25) is 0 Å². The molecule has 0 spiro atoms. The molecule has 1 N–H and O–H groups in total. The Morgan fingerprint density at radius 1 is 1.16 bits per heavy atom. The van der Waals surface area contributed by atoms with E-state index in [0.717, 1.165) is 24.3 Å². The molecule has 2 aromatic rings. The van der Waals surface area contributed by atoms with Gasteiger partial charge in [-0.3, -0.25) is 4.68 Å². The summed E-state index contributed by atoms with van der Waals surface area (Å²) in [6.45, 7) is 5.70. The number of hydrogen-bond donors (Lipinski definition) is 1. The smallest absolute Gasteiger partial charge is 0.123 e. The first-order valence-corrected chi connectivity index (χ1v) is 6.14. The van der Waals surface area contributed by atoms with E-state index >= 15 is 0 Å². The Morgan fingerprint density at radius 3 is 2.47 bits per heavy atom. The topological polar surface area (TPSA) is 29.9 Å². The molecule has 0 unspecified atom stereocenters. The van der Waals surface area contributed by atoms with Crippen LogP contribution in [-0.4, -0.2) is 9.78 Å². The Bertz CT molecular complexity index is 494. The van der Waals surface area contributed by atoms with Gasteiger partial charge in [-0.2, -0.15) is 5.10 Å². The SMILES string of the molecule is CC(C)n1nccc1CNCc1ccc(F)cc1.Cl. The molecule has 0 radical (unpaired) electrons. The van der Waals surface area contributed by atoms with Gasteiger partial charge in [0.2, 0.25) is 0 Å². The molecule has 0 amide bonds. The van der Waals surface area contributed by atoms with Crippen LogP contribution in [-0.2, 0) is 13.1 Å². The van der Waals surface area contributed by atoms with Gasteiger partial charge in [-0.15, -0.1) is 12.4 Å². The molecular formula is C14H19ClFN3. The van der Waals surface area contributed by atoms with Crippen molar-refractivity contribution in [2.75, 3.05) is 0 Å². The van der Waals surface area contributed by atoms with Gasteiger partial charge in [0.05, 0.1) is 5.69 Å². The highest BCUT2D eigenvalue weighted by Gasteiger charge is 2.04. The molecule has 0 atom stereocenters. The van der Waals surface area contributed by atoms with E-state index < -0.39 is 0 Å². The number of nitrogens with zero attached hydrogens (tertiary/aromatic N) is 2. The average Bonchev–Trinajstić information content (AvgIpc) is 2.80. The first kappa shape index (κ1) is 15.7. The van der Waals surface area contributed by atoms with Crippen molar-refractivity contribution in [3.05, 3.63) is 53.6 Å². The van der Waals surface area contributed by atoms with E-state index in [0.29, 0.717) is 6.04 Å². The number of aromatic nitrogens is 2. The zero-order valence-corrected chi connectivity index (χ0v) is 12.0. The highest BCUT2D eigenvalue weighted by atomic mass is 35.5. The summed E-state index contributed by atoms with van der Waals surface area (Å²) in [6.07, 6.45) is 1.81. The zero-order chi connectivity index (χ0) is 13.0. The Hall–Kier alpha value is -1.39. The number of nitrogens with one attached hydrogen (secondary N) is 1. The summed E-state index contributed by atoms with van der Waals surface area (Å²) in [5.41, 5.74) is 2.24. The van der Waals surface area contributed by atoms with Crippen molar-refractivity contribution in [3.8, 4) is 0 Å². The van der Waals surface area contributed by atoms with Crippen LogP contribution in [0.3, 0.4) is 0 Å². The Kier molecular flexibility index (Phi) is 5.99. The Morgan fingerprint density at radius 2 is 1.84 bits per heavy atom. The molecule has 0 aliphatic carbocycles. The number of halogens is 2. The fourth-order valence-corrected chi connectivity index (χ4v) is 1.88. The molecule has 0 saturated heterocycles. The van der Waals surface area contributed by atoms with Gasteiger partial charge < -0.3 is 5.32 Å². The van der Waals surface area contributed by atoms with Crippen molar-refractivity contribution in [2.24, 2.45) is 0 Å². The lowest BCUT2D eigenvalue weighted by molar-refractivity contribution is 0.495. The lowest BCUT2D eigenvalue weighted by Crippen LogP contribution is -2.17. The van der Waals surface area contributed by atoms with E-state index in [2.05, 4.69) is 24.3 Å². The zero-order valence-electron chi connectivity index (χ0n) is 11.1. The maximum Gasteiger partial charge on any atom is 0.123 e. The third-order valence-corrected chi connectivity index (χ3v) is 2.79. The summed E-state index contributed by atoms with van der Waals surface area (Å²) in [6, 6.07) is 8.93. The van der Waals surface area contributed by atoms with Gasteiger partial charge >= 0.3 is 0 Å². The first-order valence-electron chi connectivity index (χ1n) is 6.14. The maximum absolute atomic E-state index is 12.7. The second-order valence-corrected chi connectivity index (χ2v) is 4.59. The monoisotopic (exact) mass is 283 g/mol. The van der Waals surface area contributed by atoms with Crippen LogP contribution >= 0.6 is 12.4 Å². The fraction of sp³-hybridized carbons (Fsp3) is 0.357. The van der Waals surface area contributed by atoms with Gasteiger partial charge in [-0.1, -0.05) is 12.1 Å². The van der Waals surface area contributed by atoms with Crippen LogP contribution in [0.5, 0.6) is 0 Å². The van der Waals surface area contributed by atoms with Crippen molar-refractivity contribution in [1.82, 2.24) is 15.1 Å². The molecule has 0 bridgehead atoms. The summed E-state index contributed by atoms with van der Waals surface area (Å²) in [5.74, 6) is -0.198. The second-order valence-electron chi connectivity index (χ2n) is 4.59. The van der Waals surface area contributed by atoms with Gasteiger partial charge in [-0.05, 0) is 37.6 Å². The van der Waals surface area contributed by atoms with E-state index in [-0.39, 0.29) is 18.2 Å². The van der Waals surface area contributed by atoms with Gasteiger partial charge in [0, 0.05) is 25.3 Å². The molecule has 19 heavy (non-hydrogen) atoms. The molecule has 2 rings (SSSR count). The molecular weight excluding hydrogens is 265 g/mol. The molecule has 3 nitrogen and oxygen atoms in total. The van der Waals surface area contributed by atoms with Crippen LogP contribution in [0.4, 0.5) is 4.39 Å². The summed E-state index contributed by atoms with van der Waals surface area (Å²) in [5, 5.41) is 7.62. The normalized spacial score (nSPS) is 10.5. The minimum atomic E-state index is -0.198. The average molecular weight is 284 g/mol. The van der Waals surface area contributed by atoms with E-state index in [1.807, 2.05) is 16.9 Å². The van der Waals surface area contributed by atoms with Crippen LogP contribution in [0.15, 0.2) is 36.5 Å². The van der Waals surface area contributed by atoms with Crippen LogP contribution in [0, 0.1) is 5.82 Å². The molecule has 5 heteroatoms. The van der Waals surface area contributed by atoms with E-state index in [1.54, 1.807) is 12.1 Å². The number of hydrogen-bond acceptors (Lipinski definition) is 2. The van der Waals surface area contributed by atoms with Gasteiger partial charge in [-0.25, -0.2) is 4.39 Å². The highest BCUT2D eigenvalue weighted by molar-refractivity contribution is 5.85. The van der Waals surface area contributed by atoms with E-state index in [1.165, 1.54) is 12.1 Å². The minimum Gasteiger partial charge on any atom is -0.307 e. The van der Waals surface area contributed by atoms with Crippen molar-refractivity contribution < 1.29 is 4.39 Å². The first-order chi connectivity index (χ1) is 8.66. The minimum absolute atomic E-state index is 0. The lowest BCUT2D eigenvalue weighted by atomic mass is 10.2. The highest BCUT2D eigenvalue weighted by Crippen LogP contribution is 2.08. The van der Waals surface area contributed by atoms with Crippen LogP contribution < -0.4 is 5.32 Å². The van der Waals surface area contributed by atoms with Crippen molar-refractivity contribution in [1.29, 1.82) is 0 Å². The molecule has 0 fully saturated rings. The third kappa shape index (κ3) is 4.33. The van der Waals surface area contributed by atoms with Crippen molar-refractivity contribution in [2.45, 2.75) is 33.0 Å². The largest absolute Gasteiger partial charge is 0.307 e. The number of rotatable bonds is 5. The van der Waals surface area contributed by atoms with Crippen molar-refractivity contribution in [3.63, 3.8) is 0 Å². The van der Waals surface area contributed by atoms with Crippen LogP contribution in [0.25, 0.3) is 0 Å². The molecule has 0 saturated carbocycles. The lowest BCUT2D eigenvalue weighted by Gasteiger charge is -2.11. The quantitative estimate of drug-likeness (QED) is 0.912. The van der Waals surface area contributed by atoms with E-state index in [4.69, 9.17) is 0 Å². The summed E-state index contributed by atoms with van der Waals surface area (Å²) < 4.78 is 14.7. The second kappa shape index (κ2) is 7.26. The molecule has 0 aliphatic heterocycles. The summed E-state index contributed by atoms with van der Waals surface area (Å²) in [4.78, 5) is 0. The van der Waals surface area contributed by atoms with Gasteiger partial charge in [0.1, 0.15) is 5.82 Å². The molecule has 1 aromatic heterocycles. The Labute approximate surface area is 119 Å². The molecule has 1 aromatic carbocycles. The van der Waals surface area contributed by atoms with E-state index in [9.17, 15) is 4.39 Å². The van der Waals surface area contributed by atoms with Crippen molar-refractivity contribution >= 4 is 12.4 Å². The molecule has 104 valence electrons. The van der Waals surface area contributed by atoms with Gasteiger partial charge in [0.15, 0.2) is 0 Å². The molecule has 0 aliphatic rings. The third-order valence-electron chi connectivity index (χ3n) is 2.79. The predicted octanol–water partition coefficient (Wildman–Crippen LogP) is 3.31. The predicted molar refractivity (Wildman–Crippen MR) is 76.8 cm³/mol. The summed E-state index contributed by atoms with van der Waals surface area (Å²) in [7, 11) is 0. The maximum atomic E-state index is 12.7. The molecule has 1 heterocycles. The Balaban J connectivity index is 0.00000180. The standard InChI is InChI=1S/C14H18FN3.ClH/c1-11(2)18-14(7-8-17-18)10-16-9-12-3-5-13(15)6-4-12;/h3-8,11,16H,9-10H2,1-2H3;1H. The summed E-state index contributed by atoms with van der Waals surface area (Å²) >= 11 is 0.